The van der Waals surface area contributed by atoms with Crippen LogP contribution in [0.15, 0.2) is 24.3 Å². The van der Waals surface area contributed by atoms with Crippen molar-refractivity contribution in [3.63, 3.8) is 0 Å². The molecule has 1 aromatic carbocycles. The third-order valence-electron chi connectivity index (χ3n) is 4.57. The van der Waals surface area contributed by atoms with Gasteiger partial charge >= 0.3 is 0 Å². The predicted octanol–water partition coefficient (Wildman–Crippen LogP) is 2.01. The van der Waals surface area contributed by atoms with Crippen molar-refractivity contribution in [1.82, 2.24) is 0 Å². The van der Waals surface area contributed by atoms with Crippen molar-refractivity contribution in [3.05, 3.63) is 29.8 Å². The lowest BCUT2D eigenvalue weighted by molar-refractivity contribution is -0.931. The number of aliphatic hydroxyl groups excluding tert-OH is 1. The van der Waals surface area contributed by atoms with Gasteiger partial charge in [0, 0.05) is 0 Å². The second kappa shape index (κ2) is 7.81. The Kier molecular flexibility index (Phi) is 6.07. The molecule has 0 spiro atoms. The monoisotopic (exact) mass is 292 g/mol. The molecule has 1 heterocycles. The zero-order valence-corrected chi connectivity index (χ0v) is 13.6. The van der Waals surface area contributed by atoms with Gasteiger partial charge in [0.25, 0.3) is 0 Å². The Morgan fingerprint density at radius 2 is 1.95 bits per heavy atom. The molecule has 1 aliphatic heterocycles. The fourth-order valence-electron chi connectivity index (χ4n) is 3.06. The van der Waals surface area contributed by atoms with Crippen LogP contribution in [0.3, 0.4) is 0 Å². The number of hydrogen-bond acceptors (Lipinski definition) is 2. The third kappa shape index (κ3) is 5.01. The highest BCUT2D eigenvalue weighted by atomic mass is 16.5. The molecule has 2 rings (SSSR count). The lowest BCUT2D eigenvalue weighted by atomic mass is 10.0. The summed E-state index contributed by atoms with van der Waals surface area (Å²) in [5.74, 6) is 1.38. The van der Waals surface area contributed by atoms with E-state index in [1.54, 1.807) is 0 Å². The van der Waals surface area contributed by atoms with Gasteiger partial charge in [-0.2, -0.15) is 0 Å². The first kappa shape index (κ1) is 16.3. The maximum atomic E-state index is 10.2. The van der Waals surface area contributed by atoms with Crippen molar-refractivity contribution in [3.8, 4) is 5.75 Å². The van der Waals surface area contributed by atoms with E-state index in [0.717, 1.165) is 12.3 Å². The molecule has 1 aromatic rings. The molecule has 0 bridgehead atoms. The van der Waals surface area contributed by atoms with E-state index < -0.39 is 0 Å². The van der Waals surface area contributed by atoms with E-state index in [1.807, 2.05) is 12.1 Å². The topological polar surface area (TPSA) is 33.9 Å². The summed E-state index contributed by atoms with van der Waals surface area (Å²) >= 11 is 0. The van der Waals surface area contributed by atoms with Crippen molar-refractivity contribution in [1.29, 1.82) is 0 Å². The van der Waals surface area contributed by atoms with Gasteiger partial charge in [-0.3, -0.25) is 0 Å². The van der Waals surface area contributed by atoms with E-state index in [0.29, 0.717) is 18.6 Å². The molecule has 0 saturated carbocycles. The SMILES string of the molecule is CC(C)c1ccc(OC[C@@H](O)C[NH+]2CCCC[C@@H]2C)cc1. The molecule has 1 saturated heterocycles. The number of aliphatic hydroxyl groups is 1. The van der Waals surface area contributed by atoms with Gasteiger partial charge in [0.2, 0.25) is 0 Å². The summed E-state index contributed by atoms with van der Waals surface area (Å²) in [6, 6.07) is 8.87. The molecule has 118 valence electrons. The van der Waals surface area contributed by atoms with Crippen LogP contribution in [0.5, 0.6) is 5.75 Å². The van der Waals surface area contributed by atoms with Gasteiger partial charge in [-0.05, 0) is 49.8 Å². The van der Waals surface area contributed by atoms with Gasteiger partial charge in [0.15, 0.2) is 0 Å². The summed E-state index contributed by atoms with van der Waals surface area (Å²) in [4.78, 5) is 1.52. The second-order valence-corrected chi connectivity index (χ2v) is 6.70. The van der Waals surface area contributed by atoms with Crippen LogP contribution >= 0.6 is 0 Å². The van der Waals surface area contributed by atoms with Crippen LogP contribution in [0, 0.1) is 0 Å². The van der Waals surface area contributed by atoms with Gasteiger partial charge in [-0.1, -0.05) is 26.0 Å². The molecule has 3 atom stereocenters. The summed E-state index contributed by atoms with van der Waals surface area (Å²) in [5.41, 5.74) is 1.31. The van der Waals surface area contributed by atoms with Crippen LogP contribution in [0.1, 0.15) is 51.5 Å². The summed E-state index contributed by atoms with van der Waals surface area (Å²) < 4.78 is 5.72. The largest absolute Gasteiger partial charge is 0.491 e. The quantitative estimate of drug-likeness (QED) is 0.841. The maximum absolute atomic E-state index is 10.2. The number of benzene rings is 1. The van der Waals surface area contributed by atoms with E-state index >= 15 is 0 Å². The molecule has 2 N–H and O–H groups in total. The molecule has 0 amide bonds. The van der Waals surface area contributed by atoms with Crippen LogP contribution in [-0.2, 0) is 0 Å². The van der Waals surface area contributed by atoms with Crippen molar-refractivity contribution in [2.45, 2.75) is 58.1 Å². The van der Waals surface area contributed by atoms with Gasteiger partial charge in [0.1, 0.15) is 25.0 Å². The first-order chi connectivity index (χ1) is 10.1. The standard InChI is InChI=1S/C18H29NO2/c1-14(2)16-7-9-18(10-8-16)21-13-17(20)12-19-11-5-4-6-15(19)3/h7-10,14-15,17,20H,4-6,11-13H2,1-3H3/p+1/t15-,17-/m0/s1. The Hall–Kier alpha value is -1.06. The molecule has 0 aromatic heterocycles. The highest BCUT2D eigenvalue weighted by Gasteiger charge is 2.24. The number of ether oxygens (including phenoxy) is 1. The molecular formula is C18H30NO2+. The van der Waals surface area contributed by atoms with Gasteiger partial charge in [-0.25, -0.2) is 0 Å². The molecule has 0 radical (unpaired) electrons. The van der Waals surface area contributed by atoms with E-state index in [4.69, 9.17) is 4.74 Å². The lowest BCUT2D eigenvalue weighted by Crippen LogP contribution is -3.17. The number of quaternary nitrogens is 1. The normalized spacial score (nSPS) is 24.0. The van der Waals surface area contributed by atoms with Crippen LogP contribution in [0.25, 0.3) is 0 Å². The van der Waals surface area contributed by atoms with Crippen molar-refractivity contribution in [2.75, 3.05) is 19.7 Å². The fourth-order valence-corrected chi connectivity index (χ4v) is 3.06. The van der Waals surface area contributed by atoms with Crippen LogP contribution < -0.4 is 9.64 Å². The Morgan fingerprint density at radius 3 is 2.57 bits per heavy atom. The number of nitrogens with one attached hydrogen (secondary N) is 1. The zero-order valence-electron chi connectivity index (χ0n) is 13.6. The zero-order chi connectivity index (χ0) is 15.2. The highest BCUT2D eigenvalue weighted by molar-refractivity contribution is 5.28. The fraction of sp³-hybridized carbons (Fsp3) is 0.667. The molecular weight excluding hydrogens is 262 g/mol. The number of likely N-dealkylation sites (tertiary alicyclic amines) is 1. The Morgan fingerprint density at radius 1 is 1.24 bits per heavy atom. The molecule has 21 heavy (non-hydrogen) atoms. The molecule has 1 aliphatic rings. The number of hydrogen-bond donors (Lipinski definition) is 2. The van der Waals surface area contributed by atoms with E-state index in [9.17, 15) is 5.11 Å². The summed E-state index contributed by atoms with van der Waals surface area (Å²) in [6.45, 7) is 9.01. The maximum Gasteiger partial charge on any atom is 0.137 e. The third-order valence-corrected chi connectivity index (χ3v) is 4.57. The Balaban J connectivity index is 1.76. The van der Waals surface area contributed by atoms with Crippen LogP contribution in [-0.4, -0.2) is 36.9 Å². The average Bonchev–Trinajstić information content (AvgIpc) is 2.48. The molecule has 3 heteroatoms. The Bertz CT molecular complexity index is 416. The average molecular weight is 292 g/mol. The first-order valence-electron chi connectivity index (χ1n) is 8.31. The number of piperidine rings is 1. The minimum atomic E-state index is -0.384. The summed E-state index contributed by atoms with van der Waals surface area (Å²) in [7, 11) is 0. The van der Waals surface area contributed by atoms with Crippen molar-refractivity contribution >= 4 is 0 Å². The lowest BCUT2D eigenvalue weighted by Gasteiger charge is -2.31. The van der Waals surface area contributed by atoms with Crippen molar-refractivity contribution < 1.29 is 14.7 Å². The minimum Gasteiger partial charge on any atom is -0.491 e. The smallest absolute Gasteiger partial charge is 0.137 e. The van der Waals surface area contributed by atoms with E-state index in [-0.39, 0.29) is 6.10 Å². The summed E-state index contributed by atoms with van der Waals surface area (Å²) in [5, 5.41) is 10.2. The van der Waals surface area contributed by atoms with Crippen LogP contribution in [0.2, 0.25) is 0 Å². The number of rotatable bonds is 6. The molecule has 1 fully saturated rings. The minimum absolute atomic E-state index is 0.384. The van der Waals surface area contributed by atoms with E-state index in [2.05, 4.69) is 32.9 Å². The van der Waals surface area contributed by atoms with Gasteiger partial charge < -0.3 is 14.7 Å². The van der Waals surface area contributed by atoms with Gasteiger partial charge in [0.05, 0.1) is 12.6 Å². The second-order valence-electron chi connectivity index (χ2n) is 6.70. The highest BCUT2D eigenvalue weighted by Crippen LogP contribution is 2.18. The molecule has 1 unspecified atom stereocenters. The van der Waals surface area contributed by atoms with Crippen molar-refractivity contribution in [2.24, 2.45) is 0 Å². The van der Waals surface area contributed by atoms with Gasteiger partial charge in [-0.15, -0.1) is 0 Å². The summed E-state index contributed by atoms with van der Waals surface area (Å²) in [6.07, 6.45) is 3.51. The predicted molar refractivity (Wildman–Crippen MR) is 86.0 cm³/mol. The molecule has 3 nitrogen and oxygen atoms in total. The van der Waals surface area contributed by atoms with Crippen LogP contribution in [0.4, 0.5) is 0 Å². The molecule has 0 aliphatic carbocycles. The Labute approximate surface area is 128 Å². The van der Waals surface area contributed by atoms with E-state index in [1.165, 1.54) is 36.3 Å². The first-order valence-corrected chi connectivity index (χ1v) is 8.31.